The Bertz CT molecular complexity index is 311. The van der Waals surface area contributed by atoms with Crippen LogP contribution in [-0.4, -0.2) is 39.6 Å². The number of sulfonamides is 2. The van der Waals surface area contributed by atoms with Crippen LogP contribution >= 0.6 is 0 Å². The van der Waals surface area contributed by atoms with Crippen LogP contribution < -0.4 is 0 Å². The lowest BCUT2D eigenvalue weighted by atomic mass is 10.3. The van der Waals surface area contributed by atoms with Crippen LogP contribution in [0.2, 0.25) is 0 Å². The summed E-state index contributed by atoms with van der Waals surface area (Å²) in [5.74, 6) is 0. The molecule has 80 valence electrons. The number of unbranched alkanes of at least 4 members (excludes halogenated alkanes) is 1. The van der Waals surface area contributed by atoms with Gasteiger partial charge in [-0.15, -0.1) is 0 Å². The minimum atomic E-state index is -3.65. The molecule has 0 saturated carbocycles. The van der Waals surface area contributed by atoms with Gasteiger partial charge in [-0.3, -0.25) is 0 Å². The van der Waals surface area contributed by atoms with Gasteiger partial charge in [-0.05, 0) is 6.42 Å². The van der Waals surface area contributed by atoms with Crippen LogP contribution in [0.15, 0.2) is 0 Å². The molecule has 5 nitrogen and oxygen atoms in total. The van der Waals surface area contributed by atoms with Gasteiger partial charge in [0.2, 0.25) is 20.0 Å². The molecule has 0 aliphatic carbocycles. The molecule has 0 bridgehead atoms. The number of hydrogen-bond donors (Lipinski definition) is 0. The molecule has 0 aromatic heterocycles. The lowest BCUT2D eigenvalue weighted by Gasteiger charge is -2.16. The van der Waals surface area contributed by atoms with Gasteiger partial charge in [-0.2, -0.15) is 0 Å². The van der Waals surface area contributed by atoms with Crippen LogP contribution in [-0.2, 0) is 20.0 Å². The van der Waals surface area contributed by atoms with Gasteiger partial charge in [0, 0.05) is 6.54 Å². The lowest BCUT2D eigenvalue weighted by Crippen LogP contribution is -2.35. The molecule has 0 aliphatic heterocycles. The van der Waals surface area contributed by atoms with Crippen LogP contribution in [0.3, 0.4) is 0 Å². The van der Waals surface area contributed by atoms with Crippen molar-refractivity contribution in [2.45, 2.75) is 19.8 Å². The van der Waals surface area contributed by atoms with Crippen molar-refractivity contribution in [3.8, 4) is 0 Å². The maximum atomic E-state index is 11.0. The highest BCUT2D eigenvalue weighted by Crippen LogP contribution is 2.06. The first-order chi connectivity index (χ1) is 5.69. The van der Waals surface area contributed by atoms with Crippen molar-refractivity contribution >= 4 is 20.0 Å². The molecule has 0 amide bonds. The number of hydrogen-bond acceptors (Lipinski definition) is 4. The summed E-state index contributed by atoms with van der Waals surface area (Å²) in [4.78, 5) is 0. The third-order valence-electron chi connectivity index (χ3n) is 1.43. The second-order valence-electron chi connectivity index (χ2n) is 2.88. The quantitative estimate of drug-likeness (QED) is 0.665. The lowest BCUT2D eigenvalue weighted by molar-refractivity contribution is 0.496. The fraction of sp³-hybridized carbons (Fsp3) is 1.00. The molecule has 0 spiro atoms. The molecule has 0 fully saturated rings. The molecule has 13 heavy (non-hydrogen) atoms. The highest BCUT2D eigenvalue weighted by molar-refractivity contribution is 8.03. The summed E-state index contributed by atoms with van der Waals surface area (Å²) in [7, 11) is -7.30. The smallest absolute Gasteiger partial charge is 0.212 e. The van der Waals surface area contributed by atoms with E-state index in [1.165, 1.54) is 0 Å². The van der Waals surface area contributed by atoms with Crippen LogP contribution in [0.1, 0.15) is 19.8 Å². The Balaban J connectivity index is 4.81. The van der Waals surface area contributed by atoms with Crippen molar-refractivity contribution in [3.63, 3.8) is 0 Å². The SMILES string of the molecule is CCCCN(S(C)(=O)=O)S(C)(=O)=O. The summed E-state index contributed by atoms with van der Waals surface area (Å²) in [5.41, 5.74) is 0. The van der Waals surface area contributed by atoms with E-state index in [1.54, 1.807) is 0 Å². The van der Waals surface area contributed by atoms with Crippen LogP contribution in [0.4, 0.5) is 0 Å². The summed E-state index contributed by atoms with van der Waals surface area (Å²) in [6, 6.07) is 0. The fourth-order valence-corrected chi connectivity index (χ4v) is 3.75. The molecule has 7 heteroatoms. The average molecular weight is 229 g/mol. The molecular formula is C6H15NO4S2. The third kappa shape index (κ3) is 4.58. The molecule has 0 rings (SSSR count). The zero-order chi connectivity index (χ0) is 10.7. The Morgan fingerprint density at radius 1 is 1.00 bits per heavy atom. The Labute approximate surface area is 79.8 Å². The second-order valence-corrected chi connectivity index (χ2v) is 6.92. The average Bonchev–Trinajstić information content (AvgIpc) is 1.81. The van der Waals surface area contributed by atoms with Crippen molar-refractivity contribution < 1.29 is 16.8 Å². The van der Waals surface area contributed by atoms with E-state index in [0.29, 0.717) is 10.1 Å². The first-order valence-electron chi connectivity index (χ1n) is 3.87. The van der Waals surface area contributed by atoms with Crippen molar-refractivity contribution in [1.82, 2.24) is 3.71 Å². The van der Waals surface area contributed by atoms with E-state index < -0.39 is 20.0 Å². The van der Waals surface area contributed by atoms with Gasteiger partial charge in [0.05, 0.1) is 12.5 Å². The van der Waals surface area contributed by atoms with Gasteiger partial charge in [0.1, 0.15) is 0 Å². The summed E-state index contributed by atoms with van der Waals surface area (Å²) >= 11 is 0. The topological polar surface area (TPSA) is 71.5 Å². The first-order valence-corrected chi connectivity index (χ1v) is 7.57. The highest BCUT2D eigenvalue weighted by atomic mass is 32.3. The minimum absolute atomic E-state index is 0.0359. The summed E-state index contributed by atoms with van der Waals surface area (Å²) < 4.78 is 44.7. The van der Waals surface area contributed by atoms with Gasteiger partial charge in [-0.25, -0.2) is 16.8 Å². The predicted molar refractivity (Wildman–Crippen MR) is 51.3 cm³/mol. The first kappa shape index (κ1) is 12.9. The van der Waals surface area contributed by atoms with Gasteiger partial charge in [0.15, 0.2) is 0 Å². The zero-order valence-electron chi connectivity index (χ0n) is 8.02. The Hall–Kier alpha value is -0.140. The van der Waals surface area contributed by atoms with Crippen molar-refractivity contribution in [1.29, 1.82) is 0 Å². The van der Waals surface area contributed by atoms with Crippen LogP contribution in [0, 0.1) is 0 Å². The highest BCUT2D eigenvalue weighted by Gasteiger charge is 2.25. The maximum Gasteiger partial charge on any atom is 0.224 e. The molecule has 0 aliphatic rings. The second kappa shape index (κ2) is 4.39. The Morgan fingerprint density at radius 3 is 1.62 bits per heavy atom. The molecule has 0 unspecified atom stereocenters. The zero-order valence-corrected chi connectivity index (χ0v) is 9.65. The normalized spacial score (nSPS) is 13.5. The predicted octanol–water partition coefficient (Wildman–Crippen LogP) is 0.00770. The maximum absolute atomic E-state index is 11.0. The Morgan fingerprint density at radius 2 is 1.38 bits per heavy atom. The monoisotopic (exact) mass is 229 g/mol. The molecule has 0 saturated heterocycles. The molecular weight excluding hydrogens is 214 g/mol. The van der Waals surface area contributed by atoms with E-state index in [-0.39, 0.29) is 6.54 Å². The van der Waals surface area contributed by atoms with Gasteiger partial charge < -0.3 is 0 Å². The standard InChI is InChI=1S/C6H15NO4S2/c1-4-5-6-7(12(2,8)9)13(3,10)11/h4-6H2,1-3H3. The minimum Gasteiger partial charge on any atom is -0.212 e. The molecule has 0 radical (unpaired) electrons. The van der Waals surface area contributed by atoms with E-state index in [0.717, 1.165) is 18.9 Å². The van der Waals surface area contributed by atoms with E-state index in [2.05, 4.69) is 0 Å². The van der Waals surface area contributed by atoms with Gasteiger partial charge in [0.25, 0.3) is 0 Å². The third-order valence-corrected chi connectivity index (χ3v) is 4.90. The van der Waals surface area contributed by atoms with Crippen molar-refractivity contribution in [2.24, 2.45) is 0 Å². The summed E-state index contributed by atoms with van der Waals surface area (Å²) in [5, 5.41) is 0. The largest absolute Gasteiger partial charge is 0.224 e. The number of rotatable bonds is 5. The van der Waals surface area contributed by atoms with Crippen molar-refractivity contribution in [2.75, 3.05) is 19.1 Å². The molecule has 0 aromatic carbocycles. The summed E-state index contributed by atoms with van der Waals surface area (Å²) in [6.45, 7) is 1.90. The molecule has 0 N–H and O–H groups in total. The fourth-order valence-electron chi connectivity index (χ4n) is 0.865. The number of nitrogens with zero attached hydrogens (tertiary/aromatic N) is 1. The van der Waals surface area contributed by atoms with Gasteiger partial charge >= 0.3 is 0 Å². The Kier molecular flexibility index (Phi) is 4.34. The van der Waals surface area contributed by atoms with Crippen LogP contribution in [0.25, 0.3) is 0 Å². The van der Waals surface area contributed by atoms with Gasteiger partial charge in [-0.1, -0.05) is 17.1 Å². The van der Waals surface area contributed by atoms with E-state index in [4.69, 9.17) is 0 Å². The molecule has 0 heterocycles. The van der Waals surface area contributed by atoms with E-state index >= 15 is 0 Å². The summed E-state index contributed by atoms with van der Waals surface area (Å²) in [6.07, 6.45) is 3.08. The van der Waals surface area contributed by atoms with Crippen LogP contribution in [0.5, 0.6) is 0 Å². The molecule has 0 aromatic rings. The molecule has 0 atom stereocenters. The van der Waals surface area contributed by atoms with E-state index in [1.807, 2.05) is 6.92 Å². The van der Waals surface area contributed by atoms with Crippen molar-refractivity contribution in [3.05, 3.63) is 0 Å². The van der Waals surface area contributed by atoms with E-state index in [9.17, 15) is 16.8 Å².